The number of nitrogen functional groups attached to an aromatic ring is 1. The summed E-state index contributed by atoms with van der Waals surface area (Å²) in [5.41, 5.74) is 6.82. The Morgan fingerprint density at radius 2 is 1.95 bits per heavy atom. The van der Waals surface area contributed by atoms with Crippen LogP contribution in [0.5, 0.6) is 11.5 Å². The number of anilines is 2. The van der Waals surface area contributed by atoms with Crippen LogP contribution in [0, 0.1) is 0 Å². The molecule has 19 heavy (non-hydrogen) atoms. The Kier molecular flexibility index (Phi) is 3.91. The smallest absolute Gasteiger partial charge is 0.265 e. The molecule has 1 aromatic carbocycles. The molecule has 0 aliphatic heterocycles. The molecule has 0 aliphatic rings. The number of carbonyl (C=O) groups excluding carboxylic acids is 1. The molecule has 6 heteroatoms. The first-order chi connectivity index (χ1) is 9.13. The van der Waals surface area contributed by atoms with E-state index in [1.54, 1.807) is 43.9 Å². The first-order valence-corrected chi connectivity index (χ1v) is 6.39. The summed E-state index contributed by atoms with van der Waals surface area (Å²) in [7, 11) is 3.12. The number of thiophene rings is 1. The second kappa shape index (κ2) is 5.62. The summed E-state index contributed by atoms with van der Waals surface area (Å²) >= 11 is 1.31. The Hall–Kier alpha value is -2.21. The van der Waals surface area contributed by atoms with Crippen molar-refractivity contribution in [3.63, 3.8) is 0 Å². The zero-order chi connectivity index (χ0) is 13.8. The number of rotatable bonds is 4. The van der Waals surface area contributed by atoms with E-state index in [1.807, 2.05) is 0 Å². The molecule has 0 saturated heterocycles. The molecular weight excluding hydrogens is 264 g/mol. The van der Waals surface area contributed by atoms with Crippen molar-refractivity contribution in [3.8, 4) is 11.5 Å². The fourth-order valence-electron chi connectivity index (χ4n) is 1.50. The maximum Gasteiger partial charge on any atom is 0.265 e. The maximum absolute atomic E-state index is 12.0. The number of amides is 1. The number of hydrogen-bond donors (Lipinski definition) is 2. The van der Waals surface area contributed by atoms with Crippen LogP contribution in [0.1, 0.15) is 9.67 Å². The summed E-state index contributed by atoms with van der Waals surface area (Å²) in [6.07, 6.45) is 0. The normalized spacial score (nSPS) is 10.0. The highest BCUT2D eigenvalue weighted by Gasteiger charge is 2.11. The van der Waals surface area contributed by atoms with E-state index in [0.29, 0.717) is 27.8 Å². The molecule has 0 spiro atoms. The van der Waals surface area contributed by atoms with Gasteiger partial charge in [0.25, 0.3) is 5.91 Å². The van der Waals surface area contributed by atoms with Crippen molar-refractivity contribution in [1.29, 1.82) is 0 Å². The molecule has 1 aromatic heterocycles. The van der Waals surface area contributed by atoms with E-state index in [9.17, 15) is 4.79 Å². The van der Waals surface area contributed by atoms with Crippen LogP contribution in [0.3, 0.4) is 0 Å². The SMILES string of the molecule is COc1csc(C(=O)Nc2cc(OC)ccc2N)c1. The van der Waals surface area contributed by atoms with Crippen molar-refractivity contribution >= 4 is 28.6 Å². The molecule has 0 aliphatic carbocycles. The van der Waals surface area contributed by atoms with Gasteiger partial charge >= 0.3 is 0 Å². The minimum absolute atomic E-state index is 0.228. The zero-order valence-corrected chi connectivity index (χ0v) is 11.4. The molecule has 0 unspecified atom stereocenters. The minimum atomic E-state index is -0.228. The summed E-state index contributed by atoms with van der Waals surface area (Å²) in [5, 5.41) is 4.52. The van der Waals surface area contributed by atoms with Gasteiger partial charge in [-0.1, -0.05) is 0 Å². The summed E-state index contributed by atoms with van der Waals surface area (Å²) in [5.74, 6) is 1.07. The van der Waals surface area contributed by atoms with Gasteiger partial charge in [0.1, 0.15) is 11.5 Å². The lowest BCUT2D eigenvalue weighted by Gasteiger charge is -2.09. The second-order valence-electron chi connectivity index (χ2n) is 3.76. The lowest BCUT2D eigenvalue weighted by molar-refractivity contribution is 0.103. The molecule has 100 valence electrons. The Balaban J connectivity index is 2.18. The number of hydrogen-bond acceptors (Lipinski definition) is 5. The van der Waals surface area contributed by atoms with Crippen molar-refractivity contribution < 1.29 is 14.3 Å². The summed E-state index contributed by atoms with van der Waals surface area (Å²) in [6.45, 7) is 0. The molecule has 0 fully saturated rings. The Morgan fingerprint density at radius 3 is 2.58 bits per heavy atom. The maximum atomic E-state index is 12.0. The van der Waals surface area contributed by atoms with Crippen LogP contribution in [-0.4, -0.2) is 20.1 Å². The van der Waals surface area contributed by atoms with E-state index in [4.69, 9.17) is 15.2 Å². The van der Waals surface area contributed by atoms with Gasteiger partial charge in [-0.2, -0.15) is 0 Å². The van der Waals surface area contributed by atoms with E-state index in [-0.39, 0.29) is 5.91 Å². The van der Waals surface area contributed by atoms with E-state index in [2.05, 4.69) is 5.32 Å². The van der Waals surface area contributed by atoms with E-state index >= 15 is 0 Å². The predicted octanol–water partition coefficient (Wildman–Crippen LogP) is 2.60. The third kappa shape index (κ3) is 2.97. The molecule has 5 nitrogen and oxygen atoms in total. The fraction of sp³-hybridized carbons (Fsp3) is 0.154. The fourth-order valence-corrected chi connectivity index (χ4v) is 2.25. The number of methoxy groups -OCH3 is 2. The van der Waals surface area contributed by atoms with Crippen LogP contribution in [0.2, 0.25) is 0 Å². The molecule has 2 rings (SSSR count). The van der Waals surface area contributed by atoms with Gasteiger partial charge in [0.05, 0.1) is 30.5 Å². The standard InChI is InChI=1S/C13H14N2O3S/c1-17-8-3-4-10(14)11(5-8)15-13(16)12-6-9(18-2)7-19-12/h3-7H,14H2,1-2H3,(H,15,16). The van der Waals surface area contributed by atoms with Crippen molar-refractivity contribution in [3.05, 3.63) is 34.5 Å². The topological polar surface area (TPSA) is 73.6 Å². The van der Waals surface area contributed by atoms with Crippen molar-refractivity contribution in [2.75, 3.05) is 25.3 Å². The third-order valence-corrected chi connectivity index (χ3v) is 3.45. The van der Waals surface area contributed by atoms with Gasteiger partial charge in [-0.3, -0.25) is 4.79 Å². The van der Waals surface area contributed by atoms with Gasteiger partial charge in [-0.05, 0) is 12.1 Å². The second-order valence-corrected chi connectivity index (χ2v) is 4.67. The highest BCUT2D eigenvalue weighted by molar-refractivity contribution is 7.12. The Bertz CT molecular complexity index is 595. The van der Waals surface area contributed by atoms with Gasteiger partial charge in [-0.15, -0.1) is 11.3 Å². The summed E-state index contributed by atoms with van der Waals surface area (Å²) < 4.78 is 10.1. The molecule has 3 N–H and O–H groups in total. The van der Waals surface area contributed by atoms with Crippen LogP contribution >= 0.6 is 11.3 Å². The number of nitrogens with two attached hydrogens (primary N) is 1. The molecule has 0 radical (unpaired) electrons. The van der Waals surface area contributed by atoms with Crippen LogP contribution in [0.4, 0.5) is 11.4 Å². The van der Waals surface area contributed by atoms with Crippen LogP contribution < -0.4 is 20.5 Å². The van der Waals surface area contributed by atoms with Crippen LogP contribution in [0.25, 0.3) is 0 Å². The van der Waals surface area contributed by atoms with Crippen molar-refractivity contribution in [2.45, 2.75) is 0 Å². The van der Waals surface area contributed by atoms with Gasteiger partial charge in [0, 0.05) is 17.5 Å². The quantitative estimate of drug-likeness (QED) is 0.843. The van der Waals surface area contributed by atoms with Gasteiger partial charge in [0.2, 0.25) is 0 Å². The largest absolute Gasteiger partial charge is 0.497 e. The number of benzene rings is 1. The lowest BCUT2D eigenvalue weighted by Crippen LogP contribution is -2.11. The third-order valence-electron chi connectivity index (χ3n) is 2.54. The van der Waals surface area contributed by atoms with Gasteiger partial charge in [0.15, 0.2) is 0 Å². The summed E-state index contributed by atoms with van der Waals surface area (Å²) in [4.78, 5) is 12.6. The molecule has 0 saturated carbocycles. The van der Waals surface area contributed by atoms with Gasteiger partial charge < -0.3 is 20.5 Å². The Morgan fingerprint density at radius 1 is 1.21 bits per heavy atom. The van der Waals surface area contributed by atoms with Crippen LogP contribution in [0.15, 0.2) is 29.6 Å². The molecule has 1 heterocycles. The van der Waals surface area contributed by atoms with Crippen molar-refractivity contribution in [2.24, 2.45) is 0 Å². The molecule has 0 bridgehead atoms. The average Bonchev–Trinajstić information content (AvgIpc) is 2.90. The molecular formula is C13H14N2O3S. The molecule has 2 aromatic rings. The predicted molar refractivity (Wildman–Crippen MR) is 76.2 cm³/mol. The number of ether oxygens (including phenoxy) is 2. The molecule has 1 amide bonds. The zero-order valence-electron chi connectivity index (χ0n) is 10.6. The molecule has 0 atom stereocenters. The van der Waals surface area contributed by atoms with E-state index in [0.717, 1.165) is 0 Å². The van der Waals surface area contributed by atoms with Crippen molar-refractivity contribution in [1.82, 2.24) is 0 Å². The lowest BCUT2D eigenvalue weighted by atomic mass is 10.2. The number of nitrogens with one attached hydrogen (secondary N) is 1. The number of carbonyl (C=O) groups is 1. The van der Waals surface area contributed by atoms with E-state index < -0.39 is 0 Å². The first kappa shape index (κ1) is 13.2. The Labute approximate surface area is 115 Å². The monoisotopic (exact) mass is 278 g/mol. The highest BCUT2D eigenvalue weighted by Crippen LogP contribution is 2.27. The van der Waals surface area contributed by atoms with Gasteiger partial charge in [-0.25, -0.2) is 0 Å². The van der Waals surface area contributed by atoms with Crippen LogP contribution in [-0.2, 0) is 0 Å². The summed E-state index contributed by atoms with van der Waals surface area (Å²) in [6, 6.07) is 6.77. The first-order valence-electron chi connectivity index (χ1n) is 5.51. The average molecular weight is 278 g/mol. The highest BCUT2D eigenvalue weighted by atomic mass is 32.1. The minimum Gasteiger partial charge on any atom is -0.497 e. The van der Waals surface area contributed by atoms with E-state index in [1.165, 1.54) is 11.3 Å².